The molecule has 0 rings (SSSR count). The summed E-state index contributed by atoms with van der Waals surface area (Å²) in [5.41, 5.74) is 0. The molecule has 14 heteroatoms. The Balaban J connectivity index is -0.0000000270. The Morgan fingerprint density at radius 1 is 0.571 bits per heavy atom. The van der Waals surface area contributed by atoms with E-state index < -0.39 is 55.8 Å². The number of rotatable bonds is 0. The molecule has 0 saturated heterocycles. The van der Waals surface area contributed by atoms with E-state index in [0.29, 0.717) is 0 Å². The SMILES string of the molecule is [O]=[Ti]([O-])[O-].[O]=[Ti]([O-])[O-].[O]=[Ti]([O-])[O-].[Ti+4].[Zn+2]. The van der Waals surface area contributed by atoms with Crippen LogP contribution in [0.3, 0.4) is 0 Å². The van der Waals surface area contributed by atoms with Gasteiger partial charge in [0.25, 0.3) is 0 Å². The van der Waals surface area contributed by atoms with E-state index >= 15 is 0 Å². The summed E-state index contributed by atoms with van der Waals surface area (Å²) in [6.45, 7) is 0. The predicted octanol–water partition coefficient (Wildman–Crippen LogP) is -7.50. The minimum Gasteiger partial charge on any atom is 2.00 e. The standard InChI is InChI=1S/9O.4Ti.Zn/q;;;6*-1;;;;+4;+2. The van der Waals surface area contributed by atoms with Crippen LogP contribution in [0, 0.1) is 0 Å². The van der Waals surface area contributed by atoms with Crippen LogP contribution >= 0.6 is 0 Å². The second-order valence-electron chi connectivity index (χ2n) is 0.750. The molecule has 0 amide bonds. The van der Waals surface area contributed by atoms with Crippen molar-refractivity contribution >= 4 is 0 Å². The quantitative estimate of drug-likeness (QED) is 0.355. The molecule has 0 heterocycles. The number of hydrogen-bond donors (Lipinski definition) is 0. The summed E-state index contributed by atoms with van der Waals surface area (Å²) < 4.78 is 77.2. The van der Waals surface area contributed by atoms with E-state index in [1.54, 1.807) is 0 Å². The van der Waals surface area contributed by atoms with Crippen LogP contribution in [-0.4, -0.2) is 0 Å². The van der Waals surface area contributed by atoms with Crippen LogP contribution in [0.1, 0.15) is 0 Å². The zero-order valence-corrected chi connectivity index (χ0v) is 15.6. The van der Waals surface area contributed by atoms with Crippen LogP contribution in [0.2, 0.25) is 0 Å². The Labute approximate surface area is 127 Å². The Morgan fingerprint density at radius 3 is 0.571 bits per heavy atom. The third kappa shape index (κ3) is 391. The van der Waals surface area contributed by atoms with E-state index in [0.717, 1.165) is 0 Å². The molecule has 0 fully saturated rings. The summed E-state index contributed by atoms with van der Waals surface area (Å²) >= 11 is -12.2. The predicted molar refractivity (Wildman–Crippen MR) is 2.06 cm³/mol. The van der Waals surface area contributed by atoms with Gasteiger partial charge in [0.1, 0.15) is 0 Å². The van der Waals surface area contributed by atoms with Crippen LogP contribution in [0.5, 0.6) is 0 Å². The molecule has 0 spiro atoms. The molecular weight excluding hydrogens is 401 g/mol. The molecular formula is O9Ti4Zn. The van der Waals surface area contributed by atoms with Gasteiger partial charge in [0.05, 0.1) is 0 Å². The first kappa shape index (κ1) is 30.0. The molecule has 0 radical (unpaired) electrons. The van der Waals surface area contributed by atoms with Crippen molar-refractivity contribution in [2.75, 3.05) is 0 Å². The molecule has 0 aromatic rings. The van der Waals surface area contributed by atoms with Gasteiger partial charge in [-0.2, -0.15) is 0 Å². The van der Waals surface area contributed by atoms with Gasteiger partial charge in [-0.15, -0.1) is 0 Å². The minimum absolute atomic E-state index is 0. The molecule has 0 bridgehead atoms. The molecule has 14 heavy (non-hydrogen) atoms. The topological polar surface area (TPSA) is 190 Å². The summed E-state index contributed by atoms with van der Waals surface area (Å²) in [4.78, 5) is 0. The van der Waals surface area contributed by atoms with Crippen molar-refractivity contribution in [3.8, 4) is 0 Å². The average Bonchev–Trinajstić information content (AvgIpc) is 1.54. The van der Waals surface area contributed by atoms with Crippen molar-refractivity contribution < 1.29 is 129 Å². The zero-order chi connectivity index (χ0) is 10.7. The van der Waals surface area contributed by atoms with Gasteiger partial charge in [0, 0.05) is 0 Å². The molecule has 0 aliphatic rings. The summed E-state index contributed by atoms with van der Waals surface area (Å²) in [7, 11) is 0. The Kier molecular flexibility index (Phi) is 53.1. The molecule has 0 aromatic carbocycles. The second kappa shape index (κ2) is 24.7. The third-order valence-electron chi connectivity index (χ3n) is 0. The second-order valence-corrected chi connectivity index (χ2v) is 3.09. The van der Waals surface area contributed by atoms with E-state index in [4.69, 9.17) is 32.1 Å². The maximum Gasteiger partial charge on any atom is 4.00 e. The van der Waals surface area contributed by atoms with Crippen LogP contribution in [0.25, 0.3) is 0 Å². The fourth-order valence-corrected chi connectivity index (χ4v) is 0. The van der Waals surface area contributed by atoms with Crippen molar-refractivity contribution in [3.63, 3.8) is 0 Å². The van der Waals surface area contributed by atoms with Crippen molar-refractivity contribution in [1.82, 2.24) is 0 Å². The molecule has 0 atom stereocenters. The van der Waals surface area contributed by atoms with Gasteiger partial charge in [-0.05, 0) is 0 Å². The van der Waals surface area contributed by atoms with Crippen molar-refractivity contribution in [3.05, 3.63) is 0 Å². The molecule has 0 saturated carbocycles. The van der Waals surface area contributed by atoms with Gasteiger partial charge in [0.2, 0.25) is 0 Å². The molecule has 72 valence electrons. The first-order valence-corrected chi connectivity index (χ1v) is 7.57. The molecule has 0 N–H and O–H groups in total. The maximum absolute atomic E-state index is 8.58. The zero-order valence-electron chi connectivity index (χ0n) is 6.38. The molecule has 0 unspecified atom stereocenters. The summed E-state index contributed by atoms with van der Waals surface area (Å²) in [6.07, 6.45) is 0. The van der Waals surface area contributed by atoms with Gasteiger partial charge in [-0.3, -0.25) is 0 Å². The minimum atomic E-state index is -4.08. The third-order valence-corrected chi connectivity index (χ3v) is 0. The van der Waals surface area contributed by atoms with E-state index in [-0.39, 0.29) is 41.2 Å². The Morgan fingerprint density at radius 2 is 0.571 bits per heavy atom. The van der Waals surface area contributed by atoms with Gasteiger partial charge >= 0.3 is 129 Å². The number of hydrogen-bond acceptors (Lipinski definition) is 9. The fourth-order valence-electron chi connectivity index (χ4n) is 0. The monoisotopic (exact) mass is 400 g/mol. The Bertz CT molecular complexity index is 114. The van der Waals surface area contributed by atoms with E-state index in [1.165, 1.54) is 0 Å². The molecule has 0 aromatic heterocycles. The largest absolute Gasteiger partial charge is 4.00 e. The van der Waals surface area contributed by atoms with Gasteiger partial charge in [0.15, 0.2) is 0 Å². The van der Waals surface area contributed by atoms with Gasteiger partial charge in [-0.1, -0.05) is 0 Å². The first-order valence-electron chi connectivity index (χ1n) is 1.84. The van der Waals surface area contributed by atoms with Crippen molar-refractivity contribution in [2.45, 2.75) is 0 Å². The van der Waals surface area contributed by atoms with Crippen LogP contribution < -0.4 is 22.1 Å². The van der Waals surface area contributed by atoms with Crippen molar-refractivity contribution in [1.29, 1.82) is 0 Å². The van der Waals surface area contributed by atoms with E-state index in [1.807, 2.05) is 0 Å². The van der Waals surface area contributed by atoms with Gasteiger partial charge in [-0.25, -0.2) is 0 Å². The molecule has 9 nitrogen and oxygen atoms in total. The van der Waals surface area contributed by atoms with E-state index in [9.17, 15) is 0 Å². The fraction of sp³-hybridized carbons (Fsp3) is 0. The summed E-state index contributed by atoms with van der Waals surface area (Å²) in [6, 6.07) is 0. The van der Waals surface area contributed by atoms with E-state index in [2.05, 4.69) is 0 Å². The smallest absolute Gasteiger partial charge is 2.00 e. The van der Waals surface area contributed by atoms with Gasteiger partial charge < -0.3 is 0 Å². The maximum atomic E-state index is 8.58. The summed E-state index contributed by atoms with van der Waals surface area (Å²) in [5, 5.41) is 0. The Hall–Kier alpha value is 2.64. The van der Waals surface area contributed by atoms with Crippen LogP contribution in [0.15, 0.2) is 0 Å². The van der Waals surface area contributed by atoms with Crippen LogP contribution in [-0.2, 0) is 107 Å². The molecule has 0 aliphatic carbocycles. The first-order chi connectivity index (χ1) is 5.20. The normalized spacial score (nSPS) is 5.57. The van der Waals surface area contributed by atoms with Crippen LogP contribution in [0.4, 0.5) is 0 Å². The molecule has 0 aliphatic heterocycles. The van der Waals surface area contributed by atoms with Crippen molar-refractivity contribution in [2.24, 2.45) is 0 Å². The average molecular weight is 401 g/mol. The summed E-state index contributed by atoms with van der Waals surface area (Å²) in [5.74, 6) is 0.